The molecular weight excluding hydrogens is 472 g/mol. The minimum atomic E-state index is -0.632. The Kier molecular flexibility index (Phi) is 6.49. The van der Waals surface area contributed by atoms with Gasteiger partial charge < -0.3 is 23.7 Å². The second-order valence-electron chi connectivity index (χ2n) is 10.5. The summed E-state index contributed by atoms with van der Waals surface area (Å²) in [5.74, 6) is 0.713. The maximum Gasteiger partial charge on any atom is 0.343 e. The molecule has 2 aromatic heterocycles. The van der Waals surface area contributed by atoms with Gasteiger partial charge >= 0.3 is 5.97 Å². The van der Waals surface area contributed by atoms with E-state index in [-0.39, 0.29) is 22.4 Å². The number of benzene rings is 1. The number of methoxy groups -OCH3 is 2. The third kappa shape index (κ3) is 4.59. The number of ether oxygens (including phenoxy) is 3. The molecule has 3 aromatic rings. The average molecular weight is 505 g/mol. The van der Waals surface area contributed by atoms with E-state index in [1.165, 1.54) is 13.2 Å². The van der Waals surface area contributed by atoms with Gasteiger partial charge in [-0.15, -0.1) is 0 Å². The molecule has 0 saturated carbocycles. The number of pyridine rings is 1. The average Bonchev–Trinajstić information content (AvgIpc) is 2.91. The molecule has 0 amide bonds. The predicted molar refractivity (Wildman–Crippen MR) is 140 cm³/mol. The second-order valence-corrected chi connectivity index (χ2v) is 10.5. The van der Waals surface area contributed by atoms with Gasteiger partial charge in [0, 0.05) is 60.5 Å². The SMILES string of the molecule is COC(=O)c1cn2c(cc1=O)-c1cc(OC)c(-c3cnc(N4CCOCC4)nc3)cc1CC2C(C)(C)C. The fraction of sp³-hybridized carbons (Fsp3) is 0.429. The number of fused-ring (bicyclic) bond motifs is 3. The van der Waals surface area contributed by atoms with Crippen LogP contribution in [-0.2, 0) is 15.9 Å². The Morgan fingerprint density at radius 3 is 2.38 bits per heavy atom. The first kappa shape index (κ1) is 25.0. The molecule has 0 spiro atoms. The first-order valence-corrected chi connectivity index (χ1v) is 12.4. The summed E-state index contributed by atoms with van der Waals surface area (Å²) in [7, 11) is 2.91. The fourth-order valence-electron chi connectivity index (χ4n) is 5.13. The van der Waals surface area contributed by atoms with Crippen molar-refractivity contribution in [3.63, 3.8) is 0 Å². The summed E-state index contributed by atoms with van der Waals surface area (Å²) in [5, 5.41) is 0. The Balaban J connectivity index is 1.61. The van der Waals surface area contributed by atoms with E-state index in [1.807, 2.05) is 23.0 Å². The van der Waals surface area contributed by atoms with Crippen LogP contribution in [0.1, 0.15) is 42.7 Å². The van der Waals surface area contributed by atoms with Crippen LogP contribution in [0.15, 0.2) is 41.6 Å². The van der Waals surface area contributed by atoms with Crippen LogP contribution in [-0.4, -0.2) is 61.0 Å². The summed E-state index contributed by atoms with van der Waals surface area (Å²) in [6, 6.07) is 5.62. The minimum absolute atomic E-state index is 0.0141. The minimum Gasteiger partial charge on any atom is -0.496 e. The molecule has 1 fully saturated rings. The van der Waals surface area contributed by atoms with Crippen LogP contribution >= 0.6 is 0 Å². The number of esters is 1. The zero-order chi connectivity index (χ0) is 26.3. The molecule has 2 aliphatic rings. The Morgan fingerprint density at radius 1 is 1.05 bits per heavy atom. The number of anilines is 1. The maximum absolute atomic E-state index is 12.9. The highest BCUT2D eigenvalue weighted by molar-refractivity contribution is 5.89. The van der Waals surface area contributed by atoms with Crippen LogP contribution in [0.3, 0.4) is 0 Å². The third-order valence-corrected chi connectivity index (χ3v) is 7.18. The first-order chi connectivity index (χ1) is 17.7. The van der Waals surface area contributed by atoms with Crippen LogP contribution in [0, 0.1) is 5.41 Å². The number of hydrogen-bond acceptors (Lipinski definition) is 8. The molecule has 1 aromatic carbocycles. The monoisotopic (exact) mass is 504 g/mol. The normalized spacial score (nSPS) is 17.1. The summed E-state index contributed by atoms with van der Waals surface area (Å²) < 4.78 is 18.1. The van der Waals surface area contributed by atoms with Gasteiger partial charge in [0.1, 0.15) is 11.3 Å². The van der Waals surface area contributed by atoms with Gasteiger partial charge in [0.15, 0.2) is 5.43 Å². The van der Waals surface area contributed by atoms with Crippen molar-refractivity contribution in [1.82, 2.24) is 14.5 Å². The topological polar surface area (TPSA) is 95.8 Å². The molecule has 194 valence electrons. The van der Waals surface area contributed by atoms with Gasteiger partial charge in [-0.25, -0.2) is 14.8 Å². The lowest BCUT2D eigenvalue weighted by Crippen LogP contribution is -2.37. The molecule has 37 heavy (non-hydrogen) atoms. The number of hydrogen-bond donors (Lipinski definition) is 0. The fourth-order valence-corrected chi connectivity index (χ4v) is 5.13. The molecular formula is C28H32N4O5. The van der Waals surface area contributed by atoms with E-state index < -0.39 is 5.97 Å². The van der Waals surface area contributed by atoms with E-state index in [9.17, 15) is 9.59 Å². The number of nitrogens with zero attached hydrogens (tertiary/aromatic N) is 4. The second kappa shape index (κ2) is 9.63. The number of morpholine rings is 1. The Labute approximate surface area is 216 Å². The van der Waals surface area contributed by atoms with Crippen LogP contribution in [0.2, 0.25) is 0 Å². The Hall–Kier alpha value is -3.72. The van der Waals surface area contributed by atoms with Gasteiger partial charge in [-0.1, -0.05) is 20.8 Å². The molecule has 1 atom stereocenters. The smallest absolute Gasteiger partial charge is 0.343 e. The zero-order valence-corrected chi connectivity index (χ0v) is 21.9. The number of carbonyl (C=O) groups is 1. The lowest BCUT2D eigenvalue weighted by Gasteiger charge is -2.39. The molecule has 9 heteroatoms. The van der Waals surface area contributed by atoms with E-state index in [1.54, 1.807) is 13.3 Å². The van der Waals surface area contributed by atoms with Crippen LogP contribution < -0.4 is 15.1 Å². The van der Waals surface area contributed by atoms with Gasteiger partial charge in [-0.05, 0) is 29.5 Å². The third-order valence-electron chi connectivity index (χ3n) is 7.18. The van der Waals surface area contributed by atoms with Crippen molar-refractivity contribution in [3.8, 4) is 28.1 Å². The highest BCUT2D eigenvalue weighted by Gasteiger charge is 2.34. The highest BCUT2D eigenvalue weighted by atomic mass is 16.5. The quantitative estimate of drug-likeness (QED) is 0.496. The maximum atomic E-state index is 12.9. The summed E-state index contributed by atoms with van der Waals surface area (Å²) in [6.07, 6.45) is 6.01. The van der Waals surface area contributed by atoms with Gasteiger partial charge in [0.25, 0.3) is 0 Å². The van der Waals surface area contributed by atoms with E-state index >= 15 is 0 Å². The highest BCUT2D eigenvalue weighted by Crippen LogP contribution is 2.45. The van der Waals surface area contributed by atoms with Crippen LogP contribution in [0.5, 0.6) is 5.75 Å². The number of aromatic nitrogens is 3. The van der Waals surface area contributed by atoms with Crippen molar-refractivity contribution in [2.75, 3.05) is 45.4 Å². The Bertz CT molecular complexity index is 1390. The van der Waals surface area contributed by atoms with E-state index in [0.717, 1.165) is 47.5 Å². The molecule has 2 aliphatic heterocycles. The van der Waals surface area contributed by atoms with Gasteiger partial charge in [0.05, 0.1) is 33.1 Å². The molecule has 1 saturated heterocycles. The van der Waals surface area contributed by atoms with Crippen molar-refractivity contribution < 1.29 is 19.0 Å². The lowest BCUT2D eigenvalue weighted by atomic mass is 9.78. The zero-order valence-electron chi connectivity index (χ0n) is 21.9. The summed E-state index contributed by atoms with van der Waals surface area (Å²) in [6.45, 7) is 9.36. The van der Waals surface area contributed by atoms with Crippen molar-refractivity contribution >= 4 is 11.9 Å². The van der Waals surface area contributed by atoms with Crippen LogP contribution in [0.25, 0.3) is 22.4 Å². The van der Waals surface area contributed by atoms with Gasteiger partial charge in [0.2, 0.25) is 5.95 Å². The summed E-state index contributed by atoms with van der Waals surface area (Å²) in [5.41, 5.74) is 4.02. The van der Waals surface area contributed by atoms with Crippen molar-refractivity contribution in [2.24, 2.45) is 5.41 Å². The van der Waals surface area contributed by atoms with E-state index in [0.29, 0.717) is 24.9 Å². The molecule has 0 N–H and O–H groups in total. The molecule has 0 bridgehead atoms. The number of carbonyl (C=O) groups excluding carboxylic acids is 1. The van der Waals surface area contributed by atoms with E-state index in [4.69, 9.17) is 14.2 Å². The molecule has 4 heterocycles. The standard InChI is InChI=1S/C28H32N4O5/c1-28(2,3)25-11-17-10-20(18-14-29-27(30-15-18)31-6-8-37-9-7-31)24(35-4)12-19(17)22-13-23(33)21(16-32(22)25)26(34)36-5/h10,12-16,25H,6-9,11H2,1-5H3. The van der Waals surface area contributed by atoms with Gasteiger partial charge in [-0.3, -0.25) is 4.79 Å². The Morgan fingerprint density at radius 2 is 1.76 bits per heavy atom. The van der Waals surface area contributed by atoms with E-state index in [2.05, 4.69) is 41.7 Å². The molecule has 9 nitrogen and oxygen atoms in total. The molecule has 0 aliphatic carbocycles. The molecule has 0 radical (unpaired) electrons. The first-order valence-electron chi connectivity index (χ1n) is 12.4. The summed E-state index contributed by atoms with van der Waals surface area (Å²) in [4.78, 5) is 36.5. The largest absolute Gasteiger partial charge is 0.496 e. The van der Waals surface area contributed by atoms with Crippen LogP contribution in [0.4, 0.5) is 5.95 Å². The molecule has 5 rings (SSSR count). The van der Waals surface area contributed by atoms with Crippen molar-refractivity contribution in [2.45, 2.75) is 33.2 Å². The van der Waals surface area contributed by atoms with Crippen molar-refractivity contribution in [3.05, 3.63) is 58.1 Å². The molecule has 1 unspecified atom stereocenters. The van der Waals surface area contributed by atoms with Crippen molar-refractivity contribution in [1.29, 1.82) is 0 Å². The number of rotatable bonds is 4. The predicted octanol–water partition coefficient (Wildman–Crippen LogP) is 3.75. The lowest BCUT2D eigenvalue weighted by molar-refractivity contribution is 0.0597. The summed E-state index contributed by atoms with van der Waals surface area (Å²) >= 11 is 0. The van der Waals surface area contributed by atoms with Gasteiger partial charge in [-0.2, -0.15) is 0 Å².